The highest BCUT2D eigenvalue weighted by atomic mass is 16.5. The van der Waals surface area contributed by atoms with Crippen molar-refractivity contribution in [2.45, 2.75) is 50.2 Å². The van der Waals surface area contributed by atoms with Crippen molar-refractivity contribution in [2.24, 2.45) is 0 Å². The number of benzene rings is 1. The molecule has 1 aliphatic carbocycles. The third kappa shape index (κ3) is 2.98. The predicted molar refractivity (Wildman–Crippen MR) is 85.3 cm³/mol. The molecule has 23 heavy (non-hydrogen) atoms. The van der Waals surface area contributed by atoms with Gasteiger partial charge in [-0.1, -0.05) is 29.8 Å². The molecule has 124 valence electrons. The monoisotopic (exact) mass is 317 g/mol. The van der Waals surface area contributed by atoms with Crippen LogP contribution in [-0.4, -0.2) is 47.7 Å². The lowest BCUT2D eigenvalue weighted by Crippen LogP contribution is -2.43. The van der Waals surface area contributed by atoms with E-state index in [1.54, 1.807) is 12.0 Å². The maximum absolute atomic E-state index is 13.2. The first kappa shape index (κ1) is 16.0. The van der Waals surface area contributed by atoms with Crippen molar-refractivity contribution in [3.63, 3.8) is 0 Å². The van der Waals surface area contributed by atoms with Gasteiger partial charge in [-0.2, -0.15) is 0 Å². The fraction of sp³-hybridized carbons (Fsp3) is 0.556. The summed E-state index contributed by atoms with van der Waals surface area (Å²) in [6, 6.07) is 7.81. The zero-order valence-electron chi connectivity index (χ0n) is 13.6. The summed E-state index contributed by atoms with van der Waals surface area (Å²) in [7, 11) is 1.61. The van der Waals surface area contributed by atoms with E-state index in [2.05, 4.69) is 6.07 Å². The third-order valence-corrected chi connectivity index (χ3v) is 5.11. The van der Waals surface area contributed by atoms with Crippen molar-refractivity contribution < 1.29 is 19.4 Å². The van der Waals surface area contributed by atoms with Gasteiger partial charge in [0, 0.05) is 19.7 Å². The van der Waals surface area contributed by atoms with Crippen molar-refractivity contribution in [1.82, 2.24) is 4.90 Å². The third-order valence-electron chi connectivity index (χ3n) is 5.11. The molecule has 1 amide bonds. The van der Waals surface area contributed by atoms with E-state index in [0.717, 1.165) is 24.0 Å². The van der Waals surface area contributed by atoms with Gasteiger partial charge in [0.2, 0.25) is 5.91 Å². The van der Waals surface area contributed by atoms with E-state index in [4.69, 9.17) is 9.84 Å². The van der Waals surface area contributed by atoms with Crippen LogP contribution in [0.5, 0.6) is 0 Å². The lowest BCUT2D eigenvalue weighted by Gasteiger charge is -2.28. The first-order valence-corrected chi connectivity index (χ1v) is 8.09. The van der Waals surface area contributed by atoms with Gasteiger partial charge in [0.05, 0.1) is 17.9 Å². The number of rotatable bonds is 5. The molecule has 0 radical (unpaired) electrons. The topological polar surface area (TPSA) is 66.8 Å². The number of hydrogen-bond acceptors (Lipinski definition) is 3. The van der Waals surface area contributed by atoms with Gasteiger partial charge in [0.15, 0.2) is 0 Å². The molecule has 5 nitrogen and oxygen atoms in total. The van der Waals surface area contributed by atoms with Gasteiger partial charge in [-0.3, -0.25) is 9.59 Å². The summed E-state index contributed by atoms with van der Waals surface area (Å²) in [5.41, 5.74) is 1.74. The number of likely N-dealkylation sites (tertiary alicyclic amines) is 1. The second kappa shape index (κ2) is 5.96. The van der Waals surface area contributed by atoms with Gasteiger partial charge in [-0.25, -0.2) is 0 Å². The summed E-state index contributed by atoms with van der Waals surface area (Å²) in [5.74, 6) is -0.807. The van der Waals surface area contributed by atoms with Gasteiger partial charge in [0.25, 0.3) is 0 Å². The van der Waals surface area contributed by atoms with Crippen LogP contribution in [0, 0.1) is 6.92 Å². The smallest absolute Gasteiger partial charge is 0.305 e. The maximum Gasteiger partial charge on any atom is 0.305 e. The van der Waals surface area contributed by atoms with Crippen LogP contribution >= 0.6 is 0 Å². The molecule has 3 rings (SSSR count). The average molecular weight is 317 g/mol. The number of aryl methyl sites for hydroxylation is 1. The first-order valence-electron chi connectivity index (χ1n) is 8.09. The second-order valence-electron chi connectivity index (χ2n) is 6.75. The number of carbonyl (C=O) groups excluding carboxylic acids is 1. The van der Waals surface area contributed by atoms with E-state index >= 15 is 0 Å². The van der Waals surface area contributed by atoms with Crippen molar-refractivity contribution in [3.05, 3.63) is 35.4 Å². The van der Waals surface area contributed by atoms with Crippen LogP contribution in [0.2, 0.25) is 0 Å². The fourth-order valence-corrected chi connectivity index (χ4v) is 3.66. The summed E-state index contributed by atoms with van der Waals surface area (Å²) >= 11 is 0. The van der Waals surface area contributed by atoms with Crippen LogP contribution in [0.25, 0.3) is 0 Å². The molecule has 2 fully saturated rings. The highest BCUT2D eigenvalue weighted by Gasteiger charge is 2.55. The van der Waals surface area contributed by atoms with Gasteiger partial charge in [-0.15, -0.1) is 0 Å². The van der Waals surface area contributed by atoms with Crippen LogP contribution in [-0.2, 0) is 19.7 Å². The Labute approximate surface area is 136 Å². The number of carbonyl (C=O) groups is 2. The van der Waals surface area contributed by atoms with Gasteiger partial charge >= 0.3 is 5.97 Å². The summed E-state index contributed by atoms with van der Waals surface area (Å²) in [6.07, 6.45) is 2.18. The molecule has 1 saturated heterocycles. The number of carboxylic acids is 1. The molecule has 2 unspecified atom stereocenters. The Balaban J connectivity index is 1.84. The Hall–Kier alpha value is -1.88. The minimum absolute atomic E-state index is 0.0184. The second-order valence-corrected chi connectivity index (χ2v) is 6.75. The van der Waals surface area contributed by atoms with Crippen molar-refractivity contribution >= 4 is 11.9 Å². The van der Waals surface area contributed by atoms with Crippen LogP contribution in [0.4, 0.5) is 0 Å². The summed E-state index contributed by atoms with van der Waals surface area (Å²) in [4.78, 5) is 26.0. The molecule has 1 aromatic rings. The lowest BCUT2D eigenvalue weighted by atomic mass is 9.92. The van der Waals surface area contributed by atoms with Crippen LogP contribution < -0.4 is 0 Å². The highest BCUT2D eigenvalue weighted by molar-refractivity contribution is 5.92. The zero-order chi connectivity index (χ0) is 16.6. The van der Waals surface area contributed by atoms with E-state index in [0.29, 0.717) is 13.0 Å². The minimum atomic E-state index is -0.870. The molecule has 2 atom stereocenters. The number of nitrogens with zero attached hydrogens (tertiary/aromatic N) is 1. The Bertz CT molecular complexity index is 623. The number of aliphatic carboxylic acids is 1. The number of hydrogen-bond donors (Lipinski definition) is 1. The van der Waals surface area contributed by atoms with E-state index in [1.165, 1.54) is 0 Å². The standard InChI is InChI=1S/C18H23NO4/c1-12-4-3-5-13(8-12)18(6-7-18)17(22)19-11-15(23-2)9-14(19)10-16(20)21/h3-5,8,14-15H,6-7,9-11H2,1-2H3,(H,20,21). The normalized spacial score (nSPS) is 25.4. The Morgan fingerprint density at radius 2 is 2.13 bits per heavy atom. The molecule has 2 aliphatic rings. The zero-order valence-corrected chi connectivity index (χ0v) is 13.6. The average Bonchev–Trinajstić information content (AvgIpc) is 3.23. The molecule has 1 saturated carbocycles. The van der Waals surface area contributed by atoms with E-state index in [9.17, 15) is 9.59 Å². The van der Waals surface area contributed by atoms with E-state index in [1.807, 2.05) is 25.1 Å². The molecule has 0 aromatic heterocycles. The SMILES string of the molecule is COC1CC(CC(=O)O)N(C(=O)C2(c3cccc(C)c3)CC2)C1. The number of carboxylic acid groups (broad SMARTS) is 1. The Morgan fingerprint density at radius 3 is 2.70 bits per heavy atom. The summed E-state index contributed by atoms with van der Waals surface area (Å²) in [6.45, 7) is 2.51. The number of amides is 1. The largest absolute Gasteiger partial charge is 0.481 e. The lowest BCUT2D eigenvalue weighted by molar-refractivity contribution is -0.140. The van der Waals surface area contributed by atoms with E-state index < -0.39 is 11.4 Å². The number of methoxy groups -OCH3 is 1. The summed E-state index contributed by atoms with van der Waals surface area (Å²) in [5, 5.41) is 9.13. The van der Waals surface area contributed by atoms with Crippen molar-refractivity contribution in [1.29, 1.82) is 0 Å². The quantitative estimate of drug-likeness (QED) is 0.903. The Kier molecular flexibility index (Phi) is 4.15. The first-order chi connectivity index (χ1) is 11.0. The summed E-state index contributed by atoms with van der Waals surface area (Å²) < 4.78 is 5.37. The van der Waals surface area contributed by atoms with Crippen LogP contribution in [0.1, 0.15) is 36.8 Å². The van der Waals surface area contributed by atoms with Gasteiger partial charge in [0.1, 0.15) is 0 Å². The number of ether oxygens (including phenoxy) is 1. The highest BCUT2D eigenvalue weighted by Crippen LogP contribution is 2.50. The molecular formula is C18H23NO4. The molecule has 1 aromatic carbocycles. The van der Waals surface area contributed by atoms with Gasteiger partial charge < -0.3 is 14.7 Å². The van der Waals surface area contributed by atoms with E-state index in [-0.39, 0.29) is 24.5 Å². The molecular weight excluding hydrogens is 294 g/mol. The molecule has 1 heterocycles. The van der Waals surface area contributed by atoms with Crippen molar-refractivity contribution in [3.8, 4) is 0 Å². The van der Waals surface area contributed by atoms with Crippen LogP contribution in [0.15, 0.2) is 24.3 Å². The van der Waals surface area contributed by atoms with Gasteiger partial charge in [-0.05, 0) is 31.7 Å². The van der Waals surface area contributed by atoms with Crippen molar-refractivity contribution in [2.75, 3.05) is 13.7 Å². The van der Waals surface area contributed by atoms with Crippen LogP contribution in [0.3, 0.4) is 0 Å². The molecule has 1 N–H and O–H groups in total. The Morgan fingerprint density at radius 1 is 1.39 bits per heavy atom. The predicted octanol–water partition coefficient (Wildman–Crippen LogP) is 2.12. The minimum Gasteiger partial charge on any atom is -0.481 e. The molecule has 5 heteroatoms. The molecule has 0 bridgehead atoms. The maximum atomic E-state index is 13.2. The fourth-order valence-electron chi connectivity index (χ4n) is 3.66. The molecule has 1 aliphatic heterocycles. The molecule has 0 spiro atoms.